The van der Waals surface area contributed by atoms with Gasteiger partial charge in [-0.25, -0.2) is 5.48 Å². The van der Waals surface area contributed by atoms with E-state index in [0.717, 1.165) is 0 Å². The summed E-state index contributed by atoms with van der Waals surface area (Å²) in [5.74, 6) is -0.513. The van der Waals surface area contributed by atoms with Crippen LogP contribution in [0.5, 0.6) is 0 Å². The molecule has 1 N–H and O–H groups in total. The van der Waals surface area contributed by atoms with Gasteiger partial charge in [0.2, 0.25) is 0 Å². The Morgan fingerprint density at radius 1 is 1.53 bits per heavy atom. The first-order valence-electron chi connectivity index (χ1n) is 4.14. The molecule has 6 heteroatoms. The van der Waals surface area contributed by atoms with Crippen molar-refractivity contribution >= 4 is 11.6 Å². The van der Waals surface area contributed by atoms with E-state index in [0.29, 0.717) is 5.56 Å². The maximum atomic E-state index is 11.3. The quantitative estimate of drug-likeness (QED) is 0.600. The molecule has 0 heterocycles. The van der Waals surface area contributed by atoms with E-state index in [1.54, 1.807) is 6.92 Å². The number of aryl methyl sites for hydroxylation is 1. The minimum Gasteiger partial charge on any atom is -0.277 e. The second kappa shape index (κ2) is 4.52. The molecule has 1 aromatic rings. The summed E-state index contributed by atoms with van der Waals surface area (Å²) in [4.78, 5) is 25.8. The zero-order valence-electron chi connectivity index (χ0n) is 8.31. The Morgan fingerprint density at radius 3 is 2.73 bits per heavy atom. The lowest BCUT2D eigenvalue weighted by molar-refractivity contribution is -0.385. The number of carbonyl (C=O) groups excluding carboxylic acids is 1. The van der Waals surface area contributed by atoms with Crippen molar-refractivity contribution < 1.29 is 14.6 Å². The van der Waals surface area contributed by atoms with Crippen molar-refractivity contribution in [2.45, 2.75) is 6.92 Å². The highest BCUT2D eigenvalue weighted by atomic mass is 16.6. The van der Waals surface area contributed by atoms with E-state index < -0.39 is 10.8 Å². The van der Waals surface area contributed by atoms with Gasteiger partial charge in [-0.3, -0.25) is 19.7 Å². The summed E-state index contributed by atoms with van der Waals surface area (Å²) in [7, 11) is 1.29. The van der Waals surface area contributed by atoms with Crippen LogP contribution in [0.15, 0.2) is 18.2 Å². The van der Waals surface area contributed by atoms with Gasteiger partial charge < -0.3 is 0 Å². The largest absolute Gasteiger partial charge is 0.277 e. The molecule has 1 aromatic carbocycles. The fourth-order valence-corrected chi connectivity index (χ4v) is 1.10. The Hall–Kier alpha value is -1.95. The van der Waals surface area contributed by atoms with Gasteiger partial charge in [0, 0.05) is 17.2 Å². The SMILES string of the molecule is CONC(=O)c1ccc(C)c([N+](=O)[O-])c1. The van der Waals surface area contributed by atoms with Gasteiger partial charge in [-0.15, -0.1) is 0 Å². The van der Waals surface area contributed by atoms with Crippen molar-refractivity contribution in [2.24, 2.45) is 0 Å². The van der Waals surface area contributed by atoms with Crippen molar-refractivity contribution in [1.82, 2.24) is 5.48 Å². The normalized spacial score (nSPS) is 9.73. The lowest BCUT2D eigenvalue weighted by Gasteiger charge is -2.02. The molecule has 15 heavy (non-hydrogen) atoms. The summed E-state index contributed by atoms with van der Waals surface area (Å²) in [6, 6.07) is 4.23. The number of nitrogens with zero attached hydrogens (tertiary/aromatic N) is 1. The fourth-order valence-electron chi connectivity index (χ4n) is 1.10. The van der Waals surface area contributed by atoms with E-state index >= 15 is 0 Å². The molecule has 0 aliphatic heterocycles. The van der Waals surface area contributed by atoms with Crippen LogP contribution in [-0.2, 0) is 4.84 Å². The number of nitro benzene ring substituents is 1. The smallest absolute Gasteiger partial charge is 0.275 e. The van der Waals surface area contributed by atoms with Crippen LogP contribution in [0, 0.1) is 17.0 Å². The summed E-state index contributed by atoms with van der Waals surface area (Å²) in [5.41, 5.74) is 2.70. The van der Waals surface area contributed by atoms with Crippen LogP contribution < -0.4 is 5.48 Å². The minimum absolute atomic E-state index is 0.0845. The minimum atomic E-state index is -0.529. The molecule has 0 atom stereocenters. The number of rotatable bonds is 3. The molecule has 0 unspecified atom stereocenters. The summed E-state index contributed by atoms with van der Waals surface area (Å²) in [6.45, 7) is 1.61. The molecule has 6 nitrogen and oxygen atoms in total. The first-order chi connectivity index (χ1) is 7.06. The molecule has 0 aliphatic carbocycles. The molecule has 0 saturated carbocycles. The molecule has 0 bridgehead atoms. The Bertz CT molecular complexity index is 403. The lowest BCUT2D eigenvalue weighted by Crippen LogP contribution is -2.21. The predicted octanol–water partition coefficient (Wildman–Crippen LogP) is 1.19. The highest BCUT2D eigenvalue weighted by Gasteiger charge is 2.14. The number of amides is 1. The van der Waals surface area contributed by atoms with Gasteiger partial charge in [0.25, 0.3) is 11.6 Å². The zero-order valence-corrected chi connectivity index (χ0v) is 8.31. The molecule has 0 saturated heterocycles. The molecular weight excluding hydrogens is 200 g/mol. The van der Waals surface area contributed by atoms with Gasteiger partial charge in [-0.05, 0) is 13.0 Å². The number of nitrogens with one attached hydrogen (secondary N) is 1. The highest BCUT2D eigenvalue weighted by Crippen LogP contribution is 2.18. The van der Waals surface area contributed by atoms with Crippen molar-refractivity contribution in [3.8, 4) is 0 Å². The van der Waals surface area contributed by atoms with E-state index in [-0.39, 0.29) is 11.3 Å². The summed E-state index contributed by atoms with van der Waals surface area (Å²) in [6.07, 6.45) is 0. The van der Waals surface area contributed by atoms with Crippen LogP contribution in [0.1, 0.15) is 15.9 Å². The second-order valence-electron chi connectivity index (χ2n) is 2.89. The first kappa shape index (κ1) is 11.1. The Kier molecular flexibility index (Phi) is 3.35. The molecule has 0 fully saturated rings. The number of hydrogen-bond donors (Lipinski definition) is 1. The van der Waals surface area contributed by atoms with Crippen molar-refractivity contribution in [1.29, 1.82) is 0 Å². The molecule has 1 rings (SSSR count). The highest BCUT2D eigenvalue weighted by molar-refractivity contribution is 5.94. The van der Waals surface area contributed by atoms with Gasteiger partial charge in [-0.2, -0.15) is 0 Å². The van der Waals surface area contributed by atoms with Crippen LogP contribution in [0.2, 0.25) is 0 Å². The summed E-state index contributed by atoms with van der Waals surface area (Å²) >= 11 is 0. The number of nitro groups is 1. The number of hydrogen-bond acceptors (Lipinski definition) is 4. The van der Waals surface area contributed by atoms with E-state index in [1.165, 1.54) is 25.3 Å². The molecule has 1 amide bonds. The van der Waals surface area contributed by atoms with Gasteiger partial charge in [0.05, 0.1) is 12.0 Å². The third kappa shape index (κ3) is 2.50. The lowest BCUT2D eigenvalue weighted by atomic mass is 10.1. The third-order valence-corrected chi connectivity index (χ3v) is 1.86. The molecule has 0 spiro atoms. The van der Waals surface area contributed by atoms with Crippen molar-refractivity contribution in [2.75, 3.05) is 7.11 Å². The van der Waals surface area contributed by atoms with Crippen LogP contribution in [0.3, 0.4) is 0 Å². The van der Waals surface area contributed by atoms with E-state index in [9.17, 15) is 14.9 Å². The molecule has 0 aliphatic rings. The molecule has 0 radical (unpaired) electrons. The van der Waals surface area contributed by atoms with Gasteiger partial charge in [0.15, 0.2) is 0 Å². The summed E-state index contributed by atoms with van der Waals surface area (Å²) in [5, 5.41) is 10.6. The number of carbonyl (C=O) groups is 1. The fraction of sp³-hybridized carbons (Fsp3) is 0.222. The third-order valence-electron chi connectivity index (χ3n) is 1.86. The standard InChI is InChI=1S/C9H10N2O4/c1-6-3-4-7(9(12)10-15-2)5-8(6)11(13)14/h3-5H,1-2H3,(H,10,12). The van der Waals surface area contributed by atoms with E-state index in [1.807, 2.05) is 0 Å². The predicted molar refractivity (Wildman–Crippen MR) is 52.3 cm³/mol. The van der Waals surface area contributed by atoms with Crippen LogP contribution in [0.25, 0.3) is 0 Å². The molecular formula is C9H10N2O4. The van der Waals surface area contributed by atoms with E-state index in [4.69, 9.17) is 0 Å². The van der Waals surface area contributed by atoms with Crippen molar-refractivity contribution in [3.63, 3.8) is 0 Å². The van der Waals surface area contributed by atoms with Crippen LogP contribution in [-0.4, -0.2) is 17.9 Å². The Morgan fingerprint density at radius 2 is 2.20 bits per heavy atom. The zero-order chi connectivity index (χ0) is 11.4. The maximum Gasteiger partial charge on any atom is 0.275 e. The topological polar surface area (TPSA) is 81.5 Å². The summed E-state index contributed by atoms with van der Waals surface area (Å²) < 4.78 is 0. The van der Waals surface area contributed by atoms with Gasteiger partial charge in [0.1, 0.15) is 0 Å². The molecule has 0 aromatic heterocycles. The van der Waals surface area contributed by atoms with Crippen LogP contribution >= 0.6 is 0 Å². The first-order valence-corrected chi connectivity index (χ1v) is 4.14. The average molecular weight is 210 g/mol. The Balaban J connectivity index is 3.07. The second-order valence-corrected chi connectivity index (χ2v) is 2.89. The van der Waals surface area contributed by atoms with E-state index in [2.05, 4.69) is 10.3 Å². The molecule has 80 valence electrons. The van der Waals surface area contributed by atoms with Crippen molar-refractivity contribution in [3.05, 3.63) is 39.4 Å². The van der Waals surface area contributed by atoms with Crippen LogP contribution in [0.4, 0.5) is 5.69 Å². The number of benzene rings is 1. The maximum absolute atomic E-state index is 11.3. The monoisotopic (exact) mass is 210 g/mol. The van der Waals surface area contributed by atoms with Gasteiger partial charge >= 0.3 is 0 Å². The van der Waals surface area contributed by atoms with Gasteiger partial charge in [-0.1, -0.05) is 6.07 Å². The average Bonchev–Trinajstić information content (AvgIpc) is 2.18. The number of hydroxylamine groups is 1. The Labute approximate surface area is 86.0 Å².